The molecule has 0 aliphatic heterocycles. The normalized spacial score (nSPS) is 9.29. The van der Waals surface area contributed by atoms with Gasteiger partial charge in [0.15, 0.2) is 0 Å². The summed E-state index contributed by atoms with van der Waals surface area (Å²) in [5.74, 6) is -0.833. The first-order chi connectivity index (χ1) is 8.15. The second-order valence-corrected chi connectivity index (χ2v) is 2.83. The standard InChI is InChI=1S/C9H18O4.C2H4O2/c1-2-4-11-6-8-13-9-7-12-5-3-10;1-2(3)4/h2,10H,1,3-9H2;1H3,(H,3,4). The van der Waals surface area contributed by atoms with E-state index in [1.807, 2.05) is 0 Å². The van der Waals surface area contributed by atoms with Gasteiger partial charge in [0.25, 0.3) is 5.97 Å². The van der Waals surface area contributed by atoms with Crippen LogP contribution in [-0.2, 0) is 19.0 Å². The lowest BCUT2D eigenvalue weighted by Gasteiger charge is -2.04. The molecule has 0 rings (SSSR count). The summed E-state index contributed by atoms with van der Waals surface area (Å²) in [6, 6.07) is 0. The Hall–Kier alpha value is -0.950. The minimum absolute atomic E-state index is 0.0580. The Kier molecular flexibility index (Phi) is 18.9. The van der Waals surface area contributed by atoms with Crippen LogP contribution in [0.2, 0.25) is 0 Å². The minimum Gasteiger partial charge on any atom is -0.481 e. The second kappa shape index (κ2) is 17.4. The van der Waals surface area contributed by atoms with Crippen LogP contribution in [0.3, 0.4) is 0 Å². The number of aliphatic hydroxyl groups excluding tert-OH is 1. The molecule has 0 aromatic rings. The van der Waals surface area contributed by atoms with E-state index in [2.05, 4.69) is 6.58 Å². The van der Waals surface area contributed by atoms with Crippen LogP contribution < -0.4 is 0 Å². The van der Waals surface area contributed by atoms with E-state index in [0.29, 0.717) is 39.6 Å². The van der Waals surface area contributed by atoms with Crippen molar-refractivity contribution in [3.63, 3.8) is 0 Å². The first-order valence-electron chi connectivity index (χ1n) is 5.29. The number of hydrogen-bond donors (Lipinski definition) is 2. The summed E-state index contributed by atoms with van der Waals surface area (Å²) in [5.41, 5.74) is 0. The SMILES string of the molecule is C=CCOCCOCCOCCO.CC(=O)O. The van der Waals surface area contributed by atoms with Crippen molar-refractivity contribution in [1.82, 2.24) is 0 Å². The van der Waals surface area contributed by atoms with Gasteiger partial charge in [0.05, 0.1) is 46.2 Å². The molecule has 0 bridgehead atoms. The fourth-order valence-electron chi connectivity index (χ4n) is 0.671. The quantitative estimate of drug-likeness (QED) is 0.428. The van der Waals surface area contributed by atoms with Crippen LogP contribution in [-0.4, -0.2) is 62.4 Å². The molecule has 0 atom stereocenters. The molecular weight excluding hydrogens is 228 g/mol. The Morgan fingerprint density at radius 2 is 1.53 bits per heavy atom. The first-order valence-corrected chi connectivity index (χ1v) is 5.29. The molecule has 6 nitrogen and oxygen atoms in total. The molecule has 0 aromatic carbocycles. The highest BCUT2D eigenvalue weighted by Crippen LogP contribution is 1.80. The summed E-state index contributed by atoms with van der Waals surface area (Å²) >= 11 is 0. The van der Waals surface area contributed by atoms with Gasteiger partial charge in [-0.15, -0.1) is 6.58 Å². The third-order valence-electron chi connectivity index (χ3n) is 1.22. The fraction of sp³-hybridized carbons (Fsp3) is 0.727. The Morgan fingerprint density at radius 3 is 1.94 bits per heavy atom. The summed E-state index contributed by atoms with van der Waals surface area (Å²) in [5, 5.41) is 15.8. The summed E-state index contributed by atoms with van der Waals surface area (Å²) < 4.78 is 15.2. The molecule has 0 amide bonds. The molecule has 0 radical (unpaired) electrons. The van der Waals surface area contributed by atoms with Gasteiger partial charge < -0.3 is 24.4 Å². The summed E-state index contributed by atoms with van der Waals surface area (Å²) in [7, 11) is 0. The molecule has 6 heteroatoms. The van der Waals surface area contributed by atoms with E-state index in [9.17, 15) is 0 Å². The molecule has 0 spiro atoms. The maximum Gasteiger partial charge on any atom is 0.300 e. The summed E-state index contributed by atoms with van der Waals surface area (Å²) in [6.07, 6.45) is 1.70. The van der Waals surface area contributed by atoms with Crippen molar-refractivity contribution in [2.45, 2.75) is 6.92 Å². The van der Waals surface area contributed by atoms with E-state index in [1.54, 1.807) is 6.08 Å². The van der Waals surface area contributed by atoms with Gasteiger partial charge in [-0.1, -0.05) is 6.08 Å². The number of ether oxygens (including phenoxy) is 3. The zero-order valence-electron chi connectivity index (χ0n) is 10.3. The maximum absolute atomic E-state index is 9.00. The largest absolute Gasteiger partial charge is 0.481 e. The molecule has 0 aliphatic carbocycles. The maximum atomic E-state index is 9.00. The predicted molar refractivity (Wildman–Crippen MR) is 63.0 cm³/mol. The molecule has 0 heterocycles. The molecule has 0 aromatic heterocycles. The van der Waals surface area contributed by atoms with Gasteiger partial charge >= 0.3 is 0 Å². The number of carboxylic acids is 1. The van der Waals surface area contributed by atoms with Crippen LogP contribution >= 0.6 is 0 Å². The minimum atomic E-state index is -0.833. The van der Waals surface area contributed by atoms with Crippen LogP contribution in [0.25, 0.3) is 0 Å². The van der Waals surface area contributed by atoms with Crippen LogP contribution in [0.4, 0.5) is 0 Å². The monoisotopic (exact) mass is 250 g/mol. The average molecular weight is 250 g/mol. The number of hydrogen-bond acceptors (Lipinski definition) is 5. The van der Waals surface area contributed by atoms with Gasteiger partial charge in [-0.3, -0.25) is 4.79 Å². The van der Waals surface area contributed by atoms with Gasteiger partial charge in [0, 0.05) is 6.92 Å². The van der Waals surface area contributed by atoms with Crippen LogP contribution in [0.1, 0.15) is 6.92 Å². The summed E-state index contributed by atoms with van der Waals surface area (Å²) in [4.78, 5) is 9.00. The molecule has 0 aliphatic rings. The highest BCUT2D eigenvalue weighted by molar-refractivity contribution is 5.62. The third-order valence-corrected chi connectivity index (χ3v) is 1.22. The number of aliphatic hydroxyl groups is 1. The zero-order chi connectivity index (χ0) is 13.4. The molecule has 0 saturated carbocycles. The van der Waals surface area contributed by atoms with E-state index in [0.717, 1.165) is 6.92 Å². The first kappa shape index (κ1) is 18.4. The third kappa shape index (κ3) is 31.3. The van der Waals surface area contributed by atoms with Crippen molar-refractivity contribution >= 4 is 5.97 Å². The smallest absolute Gasteiger partial charge is 0.300 e. The Morgan fingerprint density at radius 1 is 1.12 bits per heavy atom. The number of rotatable bonds is 10. The van der Waals surface area contributed by atoms with Crippen molar-refractivity contribution in [2.24, 2.45) is 0 Å². The summed E-state index contributed by atoms with van der Waals surface area (Å²) in [6.45, 7) is 7.79. The van der Waals surface area contributed by atoms with Crippen molar-refractivity contribution in [3.8, 4) is 0 Å². The molecule has 2 N–H and O–H groups in total. The van der Waals surface area contributed by atoms with Gasteiger partial charge in [-0.2, -0.15) is 0 Å². The lowest BCUT2D eigenvalue weighted by atomic mass is 10.6. The van der Waals surface area contributed by atoms with E-state index < -0.39 is 5.97 Å². The predicted octanol–water partition coefficient (Wildman–Crippen LogP) is 0.305. The van der Waals surface area contributed by atoms with E-state index >= 15 is 0 Å². The van der Waals surface area contributed by atoms with E-state index in [1.165, 1.54) is 0 Å². The lowest BCUT2D eigenvalue weighted by Crippen LogP contribution is -2.10. The van der Waals surface area contributed by atoms with Gasteiger partial charge in [0.2, 0.25) is 0 Å². The van der Waals surface area contributed by atoms with E-state index in [4.69, 9.17) is 29.2 Å². The van der Waals surface area contributed by atoms with Gasteiger partial charge in [0.1, 0.15) is 0 Å². The molecule has 102 valence electrons. The van der Waals surface area contributed by atoms with Crippen LogP contribution in [0, 0.1) is 0 Å². The number of carbonyl (C=O) groups is 1. The second-order valence-electron chi connectivity index (χ2n) is 2.83. The van der Waals surface area contributed by atoms with Crippen LogP contribution in [0.5, 0.6) is 0 Å². The zero-order valence-corrected chi connectivity index (χ0v) is 10.3. The van der Waals surface area contributed by atoms with Gasteiger partial charge in [-0.25, -0.2) is 0 Å². The number of aliphatic carboxylic acids is 1. The van der Waals surface area contributed by atoms with E-state index in [-0.39, 0.29) is 6.61 Å². The molecule has 0 fully saturated rings. The fourth-order valence-corrected chi connectivity index (χ4v) is 0.671. The van der Waals surface area contributed by atoms with Gasteiger partial charge in [-0.05, 0) is 0 Å². The number of carboxylic acid groups (broad SMARTS) is 1. The Labute approximate surface area is 102 Å². The molecule has 0 saturated heterocycles. The highest BCUT2D eigenvalue weighted by atomic mass is 16.5. The van der Waals surface area contributed by atoms with Crippen LogP contribution in [0.15, 0.2) is 12.7 Å². The average Bonchev–Trinajstić information content (AvgIpc) is 2.26. The van der Waals surface area contributed by atoms with Crippen molar-refractivity contribution in [1.29, 1.82) is 0 Å². The van der Waals surface area contributed by atoms with Crippen molar-refractivity contribution < 1.29 is 29.2 Å². The lowest BCUT2D eigenvalue weighted by molar-refractivity contribution is -0.134. The topological polar surface area (TPSA) is 85.2 Å². The Bertz CT molecular complexity index is 167. The molecular formula is C11H22O6. The molecule has 0 unspecified atom stereocenters. The molecule has 17 heavy (non-hydrogen) atoms. The van der Waals surface area contributed by atoms with Crippen molar-refractivity contribution in [3.05, 3.63) is 12.7 Å². The Balaban J connectivity index is 0. The van der Waals surface area contributed by atoms with Crippen molar-refractivity contribution in [2.75, 3.05) is 46.2 Å². The highest BCUT2D eigenvalue weighted by Gasteiger charge is 1.89.